The molecule has 1 heterocycles. The molecule has 0 aromatic heterocycles. The van der Waals surface area contributed by atoms with Crippen LogP contribution in [0.1, 0.15) is 21.5 Å². The Bertz CT molecular complexity index is 1170. The van der Waals surface area contributed by atoms with Gasteiger partial charge in [0, 0.05) is 13.1 Å². The maximum absolute atomic E-state index is 13.2. The number of rotatable bonds is 5. The van der Waals surface area contributed by atoms with Gasteiger partial charge >= 0.3 is 5.97 Å². The van der Waals surface area contributed by atoms with E-state index in [1.54, 1.807) is 37.4 Å². The van der Waals surface area contributed by atoms with Crippen molar-refractivity contribution in [3.63, 3.8) is 0 Å². The minimum atomic E-state index is -3.73. The molecule has 6 nitrogen and oxygen atoms in total. The zero-order chi connectivity index (χ0) is 21.1. The molecule has 154 valence electrons. The highest BCUT2D eigenvalue weighted by molar-refractivity contribution is 7.89. The van der Waals surface area contributed by atoms with Gasteiger partial charge in [-0.3, -0.25) is 0 Å². The molecular formula is C23H21NO5S. The molecule has 0 spiro atoms. The topological polar surface area (TPSA) is 72.9 Å². The third-order valence-electron chi connectivity index (χ3n) is 5.07. The number of sulfonamides is 1. The van der Waals surface area contributed by atoms with Crippen LogP contribution in [-0.4, -0.2) is 32.3 Å². The molecule has 0 N–H and O–H groups in total. The number of fused-ring (bicyclic) bond motifs is 1. The number of methoxy groups -OCH3 is 1. The number of benzene rings is 3. The summed E-state index contributed by atoms with van der Waals surface area (Å²) in [6, 6.07) is 20.4. The van der Waals surface area contributed by atoms with E-state index in [2.05, 4.69) is 0 Å². The van der Waals surface area contributed by atoms with Crippen LogP contribution in [0.25, 0.3) is 0 Å². The Hall–Kier alpha value is -3.16. The summed E-state index contributed by atoms with van der Waals surface area (Å²) in [6.07, 6.45) is 0.661. The predicted molar refractivity (Wildman–Crippen MR) is 112 cm³/mol. The average Bonchev–Trinajstić information content (AvgIpc) is 2.79. The van der Waals surface area contributed by atoms with Crippen molar-refractivity contribution in [3.8, 4) is 11.5 Å². The SMILES string of the molecule is COc1ccc(OC(=O)c2cccc(S(=O)(=O)N3CCc4ccccc4C3)c2)cc1. The maximum atomic E-state index is 13.2. The molecule has 1 aliphatic heterocycles. The van der Waals surface area contributed by atoms with Crippen molar-refractivity contribution >= 4 is 16.0 Å². The van der Waals surface area contributed by atoms with Gasteiger partial charge in [-0.05, 0) is 60.0 Å². The van der Waals surface area contributed by atoms with Crippen LogP contribution in [0.4, 0.5) is 0 Å². The number of hydrogen-bond donors (Lipinski definition) is 0. The van der Waals surface area contributed by atoms with E-state index in [0.717, 1.165) is 5.56 Å². The average molecular weight is 423 g/mol. The molecule has 3 aromatic rings. The van der Waals surface area contributed by atoms with Gasteiger partial charge < -0.3 is 9.47 Å². The standard InChI is InChI=1S/C23H21NO5S/c1-28-20-9-11-21(12-10-20)29-23(25)18-7-4-8-22(15-18)30(26,27)24-14-13-17-5-2-3-6-19(17)16-24/h2-12,15H,13-14,16H2,1H3. The third kappa shape index (κ3) is 4.08. The largest absolute Gasteiger partial charge is 0.497 e. The van der Waals surface area contributed by atoms with Crippen molar-refractivity contribution in [2.45, 2.75) is 17.9 Å². The molecule has 0 radical (unpaired) electrons. The molecule has 30 heavy (non-hydrogen) atoms. The van der Waals surface area contributed by atoms with E-state index < -0.39 is 16.0 Å². The lowest BCUT2D eigenvalue weighted by atomic mass is 10.0. The molecule has 4 rings (SSSR count). The molecule has 3 aromatic carbocycles. The highest BCUT2D eigenvalue weighted by Gasteiger charge is 2.28. The first-order chi connectivity index (χ1) is 14.5. The minimum Gasteiger partial charge on any atom is -0.497 e. The third-order valence-corrected chi connectivity index (χ3v) is 6.91. The number of nitrogens with zero attached hydrogens (tertiary/aromatic N) is 1. The van der Waals surface area contributed by atoms with Gasteiger partial charge in [-0.15, -0.1) is 0 Å². The molecule has 7 heteroatoms. The fraction of sp³-hybridized carbons (Fsp3) is 0.174. The lowest BCUT2D eigenvalue weighted by Gasteiger charge is -2.28. The van der Waals surface area contributed by atoms with Gasteiger partial charge in [-0.1, -0.05) is 30.3 Å². The quantitative estimate of drug-likeness (QED) is 0.463. The second kappa shape index (κ2) is 8.30. The highest BCUT2D eigenvalue weighted by atomic mass is 32.2. The van der Waals surface area contributed by atoms with E-state index in [4.69, 9.17) is 9.47 Å². The van der Waals surface area contributed by atoms with Crippen LogP contribution in [0.2, 0.25) is 0 Å². The van der Waals surface area contributed by atoms with Crippen molar-refractivity contribution in [2.75, 3.05) is 13.7 Å². The molecule has 0 unspecified atom stereocenters. The number of ether oxygens (including phenoxy) is 2. The second-order valence-corrected chi connectivity index (χ2v) is 8.89. The predicted octanol–water partition coefficient (Wildman–Crippen LogP) is 3.66. The normalized spacial score (nSPS) is 14.0. The van der Waals surface area contributed by atoms with Gasteiger partial charge in [0.15, 0.2) is 0 Å². The summed E-state index contributed by atoms with van der Waals surface area (Å²) in [5, 5.41) is 0. The van der Waals surface area contributed by atoms with E-state index in [0.29, 0.717) is 31.0 Å². The first-order valence-corrected chi connectivity index (χ1v) is 10.9. The molecule has 0 saturated carbocycles. The van der Waals surface area contributed by atoms with Crippen molar-refractivity contribution < 1.29 is 22.7 Å². The van der Waals surface area contributed by atoms with E-state index in [9.17, 15) is 13.2 Å². The van der Waals surface area contributed by atoms with Gasteiger partial charge in [0.2, 0.25) is 10.0 Å². The fourth-order valence-corrected chi connectivity index (χ4v) is 4.88. The van der Waals surface area contributed by atoms with Gasteiger partial charge in [-0.2, -0.15) is 4.31 Å². The number of carbonyl (C=O) groups is 1. The van der Waals surface area contributed by atoms with Crippen LogP contribution in [0.3, 0.4) is 0 Å². The summed E-state index contributed by atoms with van der Waals surface area (Å²) >= 11 is 0. The lowest BCUT2D eigenvalue weighted by Crippen LogP contribution is -2.36. The van der Waals surface area contributed by atoms with Crippen molar-refractivity contribution in [2.24, 2.45) is 0 Å². The van der Waals surface area contributed by atoms with Gasteiger partial charge in [0.05, 0.1) is 17.6 Å². The molecule has 0 atom stereocenters. The zero-order valence-corrected chi connectivity index (χ0v) is 17.3. The molecule has 0 saturated heterocycles. The Morgan fingerprint density at radius 1 is 0.900 bits per heavy atom. The van der Waals surface area contributed by atoms with E-state index in [1.165, 1.54) is 28.1 Å². The van der Waals surface area contributed by atoms with Crippen LogP contribution in [0, 0.1) is 0 Å². The summed E-state index contributed by atoms with van der Waals surface area (Å²) < 4.78 is 38.2. The Morgan fingerprint density at radius 3 is 2.33 bits per heavy atom. The lowest BCUT2D eigenvalue weighted by molar-refractivity contribution is 0.0734. The van der Waals surface area contributed by atoms with E-state index >= 15 is 0 Å². The van der Waals surface area contributed by atoms with Crippen molar-refractivity contribution in [1.82, 2.24) is 4.31 Å². The summed E-state index contributed by atoms with van der Waals surface area (Å²) in [5.74, 6) is 0.369. The summed E-state index contributed by atoms with van der Waals surface area (Å²) in [7, 11) is -2.18. The molecule has 0 fully saturated rings. The van der Waals surface area contributed by atoms with Crippen LogP contribution < -0.4 is 9.47 Å². The van der Waals surface area contributed by atoms with Crippen molar-refractivity contribution in [1.29, 1.82) is 0 Å². The van der Waals surface area contributed by atoms with Crippen LogP contribution in [-0.2, 0) is 23.0 Å². The number of hydrogen-bond acceptors (Lipinski definition) is 5. The monoisotopic (exact) mass is 423 g/mol. The summed E-state index contributed by atoms with van der Waals surface area (Å²) in [5.41, 5.74) is 2.34. The fourth-order valence-electron chi connectivity index (χ4n) is 3.42. The molecule has 0 amide bonds. The van der Waals surface area contributed by atoms with Gasteiger partial charge in [0.1, 0.15) is 11.5 Å². The maximum Gasteiger partial charge on any atom is 0.343 e. The van der Waals surface area contributed by atoms with Crippen LogP contribution in [0.5, 0.6) is 11.5 Å². The second-order valence-electron chi connectivity index (χ2n) is 6.95. The Balaban J connectivity index is 1.54. The first-order valence-electron chi connectivity index (χ1n) is 9.50. The van der Waals surface area contributed by atoms with Crippen LogP contribution >= 0.6 is 0 Å². The Labute approximate surface area is 175 Å². The summed E-state index contributed by atoms with van der Waals surface area (Å²) in [6.45, 7) is 0.721. The Morgan fingerprint density at radius 2 is 1.60 bits per heavy atom. The molecular weight excluding hydrogens is 402 g/mol. The van der Waals surface area contributed by atoms with Crippen LogP contribution in [0.15, 0.2) is 77.7 Å². The number of esters is 1. The molecule has 1 aliphatic rings. The van der Waals surface area contributed by atoms with E-state index in [-0.39, 0.29) is 10.5 Å². The van der Waals surface area contributed by atoms with E-state index in [1.807, 2.05) is 24.3 Å². The van der Waals surface area contributed by atoms with Gasteiger partial charge in [-0.25, -0.2) is 13.2 Å². The smallest absolute Gasteiger partial charge is 0.343 e. The van der Waals surface area contributed by atoms with Crippen molar-refractivity contribution in [3.05, 3.63) is 89.5 Å². The zero-order valence-electron chi connectivity index (χ0n) is 16.4. The molecule has 0 bridgehead atoms. The summed E-state index contributed by atoms with van der Waals surface area (Å²) in [4.78, 5) is 12.6. The Kier molecular flexibility index (Phi) is 5.57. The highest BCUT2D eigenvalue weighted by Crippen LogP contribution is 2.26. The van der Waals surface area contributed by atoms with Gasteiger partial charge in [0.25, 0.3) is 0 Å². The number of carbonyl (C=O) groups excluding carboxylic acids is 1. The first kappa shape index (κ1) is 20.1. The molecule has 0 aliphatic carbocycles. The minimum absolute atomic E-state index is 0.0751.